The van der Waals surface area contributed by atoms with Crippen LogP contribution in [0.2, 0.25) is 0 Å². The minimum absolute atomic E-state index is 0.164. The summed E-state index contributed by atoms with van der Waals surface area (Å²) in [6.45, 7) is 1.99. The number of likely N-dealkylation sites (N-methyl/N-ethyl adjacent to an activating group) is 1. The lowest BCUT2D eigenvalue weighted by atomic mass is 9.80. The average Bonchev–Trinajstić information content (AvgIpc) is 3.46. The van der Waals surface area contributed by atoms with Gasteiger partial charge in [0.1, 0.15) is 35.7 Å². The van der Waals surface area contributed by atoms with Gasteiger partial charge in [-0.2, -0.15) is 0 Å². The zero-order valence-corrected chi connectivity index (χ0v) is 29.8. The van der Waals surface area contributed by atoms with Crippen LogP contribution in [0.15, 0.2) is 94.6 Å². The molecule has 0 spiro atoms. The van der Waals surface area contributed by atoms with Gasteiger partial charge >= 0.3 is 11.7 Å². The van der Waals surface area contributed by atoms with E-state index in [1.807, 2.05) is 97.9 Å². The SMILES string of the molecule is COc1ccc(C(OC[C@H]2O[C@@H](n3cc(C)c(=O)[nH]c3=O)[C@H](OCCN(C)C)[C@@H]2OC(=O)CC(N)=O)(c2ccccc2)c2ccc(OC)cc2)cc1. The van der Waals surface area contributed by atoms with Crippen LogP contribution < -0.4 is 26.5 Å². The maximum absolute atomic E-state index is 13.2. The van der Waals surface area contributed by atoms with Crippen LogP contribution in [0, 0.1) is 6.92 Å². The number of rotatable bonds is 16. The van der Waals surface area contributed by atoms with Crippen LogP contribution in [0.1, 0.15) is 34.9 Å². The van der Waals surface area contributed by atoms with Gasteiger partial charge in [-0.05, 0) is 62.0 Å². The van der Waals surface area contributed by atoms with Crippen LogP contribution in [-0.4, -0.2) is 92.7 Å². The van der Waals surface area contributed by atoms with Crippen molar-refractivity contribution in [2.75, 3.05) is 48.1 Å². The molecule has 1 aliphatic rings. The molecule has 3 aromatic carbocycles. The van der Waals surface area contributed by atoms with Crippen LogP contribution >= 0.6 is 0 Å². The number of esters is 1. The number of ether oxygens (including phenoxy) is 6. The number of nitrogens with zero attached hydrogens (tertiary/aromatic N) is 2. The molecule has 4 atom stereocenters. The summed E-state index contributed by atoms with van der Waals surface area (Å²) in [5.74, 6) is -0.503. The molecular weight excluding hydrogens is 672 g/mol. The Balaban J connectivity index is 1.64. The van der Waals surface area contributed by atoms with Gasteiger partial charge in [0.2, 0.25) is 5.91 Å². The first-order valence-electron chi connectivity index (χ1n) is 16.7. The number of benzene rings is 3. The van der Waals surface area contributed by atoms with E-state index < -0.39 is 59.7 Å². The van der Waals surface area contributed by atoms with Crippen molar-refractivity contribution in [2.45, 2.75) is 43.5 Å². The number of H-pyrrole nitrogens is 1. The molecule has 52 heavy (non-hydrogen) atoms. The Morgan fingerprint density at radius 3 is 2.00 bits per heavy atom. The summed E-state index contributed by atoms with van der Waals surface area (Å²) in [7, 11) is 6.90. The molecule has 1 fully saturated rings. The second kappa shape index (κ2) is 16.8. The molecule has 4 aromatic rings. The molecule has 1 aromatic heterocycles. The molecule has 14 heteroatoms. The molecule has 276 valence electrons. The summed E-state index contributed by atoms with van der Waals surface area (Å²) in [6.07, 6.45) is -3.80. The van der Waals surface area contributed by atoms with Crippen LogP contribution in [0.5, 0.6) is 11.5 Å². The third kappa shape index (κ3) is 8.43. The van der Waals surface area contributed by atoms with Gasteiger partial charge in [-0.1, -0.05) is 54.6 Å². The van der Waals surface area contributed by atoms with E-state index in [1.54, 1.807) is 21.1 Å². The number of amides is 1. The summed E-state index contributed by atoms with van der Waals surface area (Å²) in [4.78, 5) is 54.5. The van der Waals surface area contributed by atoms with Gasteiger partial charge in [0.15, 0.2) is 12.3 Å². The first-order chi connectivity index (χ1) is 25.0. The molecule has 0 unspecified atom stereocenters. The summed E-state index contributed by atoms with van der Waals surface area (Å²) in [6, 6.07) is 24.5. The lowest BCUT2D eigenvalue weighted by Gasteiger charge is -2.37. The Hall–Kier alpha value is -5.28. The van der Waals surface area contributed by atoms with Crippen molar-refractivity contribution >= 4 is 11.9 Å². The third-order valence-corrected chi connectivity index (χ3v) is 8.78. The van der Waals surface area contributed by atoms with Crippen molar-refractivity contribution in [2.24, 2.45) is 5.73 Å². The second-order valence-corrected chi connectivity index (χ2v) is 12.6. The van der Waals surface area contributed by atoms with E-state index in [4.69, 9.17) is 34.2 Å². The summed E-state index contributed by atoms with van der Waals surface area (Å²) in [5, 5.41) is 0. The van der Waals surface area contributed by atoms with E-state index in [0.29, 0.717) is 18.0 Å². The lowest BCUT2D eigenvalue weighted by molar-refractivity contribution is -0.161. The number of nitrogens with two attached hydrogens (primary N) is 1. The zero-order valence-electron chi connectivity index (χ0n) is 29.8. The van der Waals surface area contributed by atoms with E-state index in [9.17, 15) is 19.2 Å². The molecule has 0 radical (unpaired) electrons. The highest BCUT2D eigenvalue weighted by Gasteiger charge is 2.51. The zero-order chi connectivity index (χ0) is 37.4. The van der Waals surface area contributed by atoms with Gasteiger partial charge < -0.3 is 39.1 Å². The topological polar surface area (TPSA) is 174 Å². The maximum atomic E-state index is 13.2. The summed E-state index contributed by atoms with van der Waals surface area (Å²) >= 11 is 0. The highest BCUT2D eigenvalue weighted by Crippen LogP contribution is 2.43. The number of aryl methyl sites for hydroxylation is 1. The van der Waals surface area contributed by atoms with Gasteiger partial charge in [0.25, 0.3) is 5.56 Å². The lowest BCUT2D eigenvalue weighted by Crippen LogP contribution is -2.44. The highest BCUT2D eigenvalue weighted by atomic mass is 16.6. The Kier molecular flexibility index (Phi) is 12.3. The van der Waals surface area contributed by atoms with Crippen molar-refractivity contribution < 1.29 is 38.0 Å². The number of hydrogen-bond acceptors (Lipinski definition) is 11. The van der Waals surface area contributed by atoms with Crippen LogP contribution in [0.3, 0.4) is 0 Å². The van der Waals surface area contributed by atoms with Gasteiger partial charge in [-0.3, -0.25) is 23.9 Å². The molecule has 1 aliphatic heterocycles. The number of aromatic amines is 1. The predicted octanol–water partition coefficient (Wildman–Crippen LogP) is 2.50. The minimum Gasteiger partial charge on any atom is -0.497 e. The molecule has 0 aliphatic carbocycles. The van der Waals surface area contributed by atoms with E-state index in [0.717, 1.165) is 16.7 Å². The van der Waals surface area contributed by atoms with Crippen molar-refractivity contribution in [1.29, 1.82) is 0 Å². The Labute approximate surface area is 301 Å². The Morgan fingerprint density at radius 1 is 0.885 bits per heavy atom. The molecule has 1 saturated heterocycles. The smallest absolute Gasteiger partial charge is 0.330 e. The Bertz CT molecular complexity index is 1880. The summed E-state index contributed by atoms with van der Waals surface area (Å²) < 4.78 is 37.9. The fourth-order valence-electron chi connectivity index (χ4n) is 6.15. The normalized spacial score (nSPS) is 18.7. The largest absolute Gasteiger partial charge is 0.497 e. The van der Waals surface area contributed by atoms with E-state index >= 15 is 0 Å². The van der Waals surface area contributed by atoms with E-state index in [2.05, 4.69) is 4.98 Å². The first kappa shape index (κ1) is 38.0. The number of nitrogens with one attached hydrogen (secondary N) is 1. The fourth-order valence-corrected chi connectivity index (χ4v) is 6.15. The number of methoxy groups -OCH3 is 2. The van der Waals surface area contributed by atoms with Crippen LogP contribution in [0.25, 0.3) is 0 Å². The molecule has 0 saturated carbocycles. The molecule has 0 bridgehead atoms. The molecule has 3 N–H and O–H groups in total. The van der Waals surface area contributed by atoms with Gasteiger partial charge in [0.05, 0.1) is 27.4 Å². The molecular formula is C38H44N4O10. The van der Waals surface area contributed by atoms with Crippen molar-refractivity contribution in [3.05, 3.63) is 128 Å². The number of carbonyl (C=O) groups is 2. The maximum Gasteiger partial charge on any atom is 0.330 e. The average molecular weight is 717 g/mol. The van der Waals surface area contributed by atoms with Gasteiger partial charge in [-0.15, -0.1) is 0 Å². The number of primary amides is 1. The fraction of sp³-hybridized carbons (Fsp3) is 0.368. The standard InChI is InChI=1S/C38H44N4O10/c1-24-22-42(37(46)40-35(24)45)36-34(49-20-19-41(2)3)33(52-32(44)21-31(39)43)30(51-36)23-50-38(25-9-7-6-8-10-25,26-11-15-28(47-4)16-12-26)27-13-17-29(48-5)18-14-27/h6-18,22,30,33-34,36H,19-21,23H2,1-5H3,(H2,39,43)(H,40,45,46)/t30-,33-,34-,36-/m1/s1. The van der Waals surface area contributed by atoms with E-state index in [-0.39, 0.29) is 18.8 Å². The molecule has 14 nitrogen and oxygen atoms in total. The first-order valence-corrected chi connectivity index (χ1v) is 16.7. The summed E-state index contributed by atoms with van der Waals surface area (Å²) in [5.41, 5.74) is 5.28. The molecule has 2 heterocycles. The monoisotopic (exact) mass is 716 g/mol. The number of hydrogen-bond donors (Lipinski definition) is 2. The highest BCUT2D eigenvalue weighted by molar-refractivity contribution is 5.93. The van der Waals surface area contributed by atoms with Gasteiger partial charge in [0, 0.05) is 18.3 Å². The van der Waals surface area contributed by atoms with Crippen molar-refractivity contribution in [1.82, 2.24) is 14.5 Å². The van der Waals surface area contributed by atoms with Crippen molar-refractivity contribution in [3.63, 3.8) is 0 Å². The second-order valence-electron chi connectivity index (χ2n) is 12.6. The van der Waals surface area contributed by atoms with E-state index in [1.165, 1.54) is 10.8 Å². The Morgan fingerprint density at radius 2 is 1.46 bits per heavy atom. The number of aromatic nitrogens is 2. The van der Waals surface area contributed by atoms with Gasteiger partial charge in [-0.25, -0.2) is 4.79 Å². The van der Waals surface area contributed by atoms with Crippen molar-refractivity contribution in [3.8, 4) is 11.5 Å². The quantitative estimate of drug-likeness (QED) is 0.0991. The third-order valence-electron chi connectivity index (χ3n) is 8.78. The van der Waals surface area contributed by atoms with Crippen LogP contribution in [0.4, 0.5) is 0 Å². The molecule has 5 rings (SSSR count). The number of carbonyl (C=O) groups excluding carboxylic acids is 2. The predicted molar refractivity (Wildman–Crippen MR) is 190 cm³/mol. The molecule has 1 amide bonds. The van der Waals surface area contributed by atoms with Crippen LogP contribution in [-0.2, 0) is 34.1 Å². The minimum atomic E-state index is -1.27.